The summed E-state index contributed by atoms with van der Waals surface area (Å²) in [5, 5.41) is 13.0. The van der Waals surface area contributed by atoms with Gasteiger partial charge in [-0.1, -0.05) is 30.1 Å². The van der Waals surface area contributed by atoms with Gasteiger partial charge >= 0.3 is 0 Å². The van der Waals surface area contributed by atoms with E-state index in [2.05, 4.69) is 38.5 Å². The molecule has 2 N–H and O–H groups in total. The van der Waals surface area contributed by atoms with Gasteiger partial charge in [0.25, 0.3) is 0 Å². The minimum absolute atomic E-state index is 0.471. The second-order valence-electron chi connectivity index (χ2n) is 9.34. The number of nitrogens with one attached hydrogen (secondary N) is 2. The van der Waals surface area contributed by atoms with Crippen molar-refractivity contribution in [2.75, 3.05) is 43.5 Å². The van der Waals surface area contributed by atoms with Crippen molar-refractivity contribution in [2.45, 2.75) is 39.2 Å². The summed E-state index contributed by atoms with van der Waals surface area (Å²) in [5.41, 5.74) is 4.03. The van der Waals surface area contributed by atoms with Crippen LogP contribution in [0, 0.1) is 6.92 Å². The maximum absolute atomic E-state index is 6.65. The fourth-order valence-electron chi connectivity index (χ4n) is 4.88. The zero-order valence-electron chi connectivity index (χ0n) is 21.8. The minimum atomic E-state index is 0.471. The van der Waals surface area contributed by atoms with Crippen LogP contribution in [0.15, 0.2) is 36.7 Å². The smallest absolute Gasteiger partial charge is 0.225 e. The van der Waals surface area contributed by atoms with Gasteiger partial charge in [-0.3, -0.25) is 0 Å². The average molecular weight is 556 g/mol. The number of anilines is 2. The van der Waals surface area contributed by atoms with E-state index in [0.717, 1.165) is 79.8 Å². The van der Waals surface area contributed by atoms with Gasteiger partial charge in [-0.25, -0.2) is 15.0 Å². The SMILES string of the molecule is CCc1cc(NCCNC2CCN(c3ncccn3)CC2)n2nc(C)c(-c3c(Cl)cc(OC)cc3Cl)c2n1. The average Bonchev–Trinajstić information content (AvgIpc) is 3.26. The van der Waals surface area contributed by atoms with E-state index in [1.54, 1.807) is 31.6 Å². The molecule has 0 unspecified atom stereocenters. The van der Waals surface area contributed by atoms with Gasteiger partial charge in [0.15, 0.2) is 5.65 Å². The molecule has 1 saturated heterocycles. The number of rotatable bonds is 9. The maximum atomic E-state index is 6.65. The summed E-state index contributed by atoms with van der Waals surface area (Å²) < 4.78 is 7.16. The molecule has 9 nitrogen and oxygen atoms in total. The van der Waals surface area contributed by atoms with E-state index in [1.807, 2.05) is 17.5 Å². The van der Waals surface area contributed by atoms with Crippen molar-refractivity contribution in [1.82, 2.24) is 29.9 Å². The van der Waals surface area contributed by atoms with Gasteiger partial charge in [-0.05, 0) is 44.4 Å². The van der Waals surface area contributed by atoms with Gasteiger partial charge < -0.3 is 20.3 Å². The monoisotopic (exact) mass is 554 g/mol. The fourth-order valence-corrected chi connectivity index (χ4v) is 5.54. The maximum Gasteiger partial charge on any atom is 0.225 e. The number of hydrogen-bond donors (Lipinski definition) is 2. The van der Waals surface area contributed by atoms with E-state index in [0.29, 0.717) is 27.4 Å². The molecule has 0 aliphatic carbocycles. The van der Waals surface area contributed by atoms with E-state index < -0.39 is 0 Å². The lowest BCUT2D eigenvalue weighted by molar-refractivity contribution is 0.415. The molecule has 4 heterocycles. The third-order valence-electron chi connectivity index (χ3n) is 6.87. The molecule has 0 atom stereocenters. The summed E-state index contributed by atoms with van der Waals surface area (Å²) in [7, 11) is 1.59. The predicted molar refractivity (Wildman–Crippen MR) is 153 cm³/mol. The first-order valence-corrected chi connectivity index (χ1v) is 13.7. The molecule has 38 heavy (non-hydrogen) atoms. The van der Waals surface area contributed by atoms with Crippen LogP contribution < -0.4 is 20.3 Å². The molecule has 1 aliphatic rings. The van der Waals surface area contributed by atoms with Gasteiger partial charge in [0.1, 0.15) is 11.6 Å². The largest absolute Gasteiger partial charge is 0.497 e. The van der Waals surface area contributed by atoms with Gasteiger partial charge in [0.2, 0.25) is 5.95 Å². The van der Waals surface area contributed by atoms with Crippen LogP contribution in [0.4, 0.5) is 11.8 Å². The normalized spacial score (nSPS) is 14.3. The van der Waals surface area contributed by atoms with Crippen LogP contribution in [0.1, 0.15) is 31.2 Å². The summed E-state index contributed by atoms with van der Waals surface area (Å²) in [6.45, 7) is 7.53. The molecule has 1 aromatic carbocycles. The van der Waals surface area contributed by atoms with Crippen LogP contribution in [-0.4, -0.2) is 63.9 Å². The van der Waals surface area contributed by atoms with Crippen LogP contribution >= 0.6 is 23.2 Å². The third-order valence-corrected chi connectivity index (χ3v) is 7.47. The summed E-state index contributed by atoms with van der Waals surface area (Å²) in [6.07, 6.45) is 6.50. The highest BCUT2D eigenvalue weighted by molar-refractivity contribution is 6.39. The molecule has 11 heteroatoms. The van der Waals surface area contributed by atoms with Crippen molar-refractivity contribution in [3.8, 4) is 16.9 Å². The number of fused-ring (bicyclic) bond motifs is 1. The van der Waals surface area contributed by atoms with E-state index in [4.69, 9.17) is 38.0 Å². The number of piperidine rings is 1. The molecule has 200 valence electrons. The molecule has 0 saturated carbocycles. The number of benzene rings is 1. The number of methoxy groups -OCH3 is 1. The second kappa shape index (κ2) is 11.7. The van der Waals surface area contributed by atoms with Crippen LogP contribution in [0.2, 0.25) is 10.0 Å². The lowest BCUT2D eigenvalue weighted by atomic mass is 10.1. The standard InChI is InChI=1S/C27H32Cl2N8O/c1-4-18-14-23(31-11-10-30-19-6-12-36(13-7-19)27-32-8-5-9-33-27)37-26(34-18)24(17(2)35-37)25-21(28)15-20(38-3)16-22(25)29/h5,8-9,14-16,19,30-31H,4,6-7,10-13H2,1-3H3. The Morgan fingerprint density at radius 1 is 1.03 bits per heavy atom. The highest BCUT2D eigenvalue weighted by atomic mass is 35.5. The number of ether oxygens (including phenoxy) is 1. The van der Waals surface area contributed by atoms with Crippen molar-refractivity contribution in [3.05, 3.63) is 58.1 Å². The molecule has 0 radical (unpaired) electrons. The number of hydrogen-bond acceptors (Lipinski definition) is 8. The summed E-state index contributed by atoms with van der Waals surface area (Å²) in [6, 6.07) is 7.89. The Labute approximate surface area is 232 Å². The highest BCUT2D eigenvalue weighted by Gasteiger charge is 2.22. The Morgan fingerprint density at radius 3 is 2.39 bits per heavy atom. The van der Waals surface area contributed by atoms with Gasteiger partial charge in [-0.15, -0.1) is 0 Å². The Balaban J connectivity index is 1.28. The summed E-state index contributed by atoms with van der Waals surface area (Å²) in [5.74, 6) is 2.31. The van der Waals surface area contributed by atoms with E-state index >= 15 is 0 Å². The molecule has 3 aromatic heterocycles. The fraction of sp³-hybridized carbons (Fsp3) is 0.407. The Hall–Kier alpha value is -3.14. The number of aromatic nitrogens is 5. The number of aryl methyl sites for hydroxylation is 2. The van der Waals surface area contributed by atoms with E-state index in [1.165, 1.54) is 0 Å². The van der Waals surface area contributed by atoms with Gasteiger partial charge in [-0.2, -0.15) is 9.61 Å². The quantitative estimate of drug-likeness (QED) is 0.278. The van der Waals surface area contributed by atoms with Crippen molar-refractivity contribution >= 4 is 40.6 Å². The lowest BCUT2D eigenvalue weighted by Gasteiger charge is -2.32. The zero-order chi connectivity index (χ0) is 26.6. The van der Waals surface area contributed by atoms with Gasteiger partial charge in [0.05, 0.1) is 28.4 Å². The van der Waals surface area contributed by atoms with Crippen molar-refractivity contribution in [2.24, 2.45) is 0 Å². The lowest BCUT2D eigenvalue weighted by Crippen LogP contribution is -2.44. The first kappa shape index (κ1) is 26.5. The summed E-state index contributed by atoms with van der Waals surface area (Å²) in [4.78, 5) is 15.9. The van der Waals surface area contributed by atoms with Crippen LogP contribution in [0.5, 0.6) is 5.75 Å². The molecular weight excluding hydrogens is 523 g/mol. The minimum Gasteiger partial charge on any atom is -0.497 e. The summed E-state index contributed by atoms with van der Waals surface area (Å²) >= 11 is 13.3. The second-order valence-corrected chi connectivity index (χ2v) is 10.2. The van der Waals surface area contributed by atoms with Gasteiger partial charge in [0, 0.05) is 61.9 Å². The van der Waals surface area contributed by atoms with Crippen LogP contribution in [0.3, 0.4) is 0 Å². The topological polar surface area (TPSA) is 92.5 Å². The van der Waals surface area contributed by atoms with E-state index in [9.17, 15) is 0 Å². The van der Waals surface area contributed by atoms with Crippen LogP contribution in [-0.2, 0) is 6.42 Å². The molecule has 1 fully saturated rings. The van der Waals surface area contributed by atoms with Crippen molar-refractivity contribution in [3.63, 3.8) is 0 Å². The van der Waals surface area contributed by atoms with Crippen molar-refractivity contribution < 1.29 is 4.74 Å². The molecule has 1 aliphatic heterocycles. The molecule has 4 aromatic rings. The Bertz CT molecular complexity index is 1380. The third kappa shape index (κ3) is 5.50. The highest BCUT2D eigenvalue weighted by Crippen LogP contribution is 2.41. The van der Waals surface area contributed by atoms with E-state index in [-0.39, 0.29) is 0 Å². The zero-order valence-corrected chi connectivity index (χ0v) is 23.4. The molecule has 0 spiro atoms. The number of halogens is 2. The Morgan fingerprint density at radius 2 is 1.74 bits per heavy atom. The number of nitrogens with zero attached hydrogens (tertiary/aromatic N) is 6. The molecule has 5 rings (SSSR count). The molecule has 0 bridgehead atoms. The first-order valence-electron chi connectivity index (χ1n) is 12.9. The van der Waals surface area contributed by atoms with Crippen LogP contribution in [0.25, 0.3) is 16.8 Å². The predicted octanol–water partition coefficient (Wildman–Crippen LogP) is 5.04. The molecule has 0 amide bonds. The first-order chi connectivity index (χ1) is 18.5. The van der Waals surface area contributed by atoms with Crippen molar-refractivity contribution in [1.29, 1.82) is 0 Å². The Kier molecular flexibility index (Phi) is 8.16. The molecular formula is C27H32Cl2N8O.